The Bertz CT molecular complexity index is 267. The zero-order valence-electron chi connectivity index (χ0n) is 11.3. The number of amides is 1. The molecule has 0 aromatic heterocycles. The Kier molecular flexibility index (Phi) is 4.85. The molecule has 0 saturated carbocycles. The van der Waals surface area contributed by atoms with Crippen molar-refractivity contribution in [2.45, 2.75) is 57.9 Å². The van der Waals surface area contributed by atoms with E-state index in [1.165, 1.54) is 0 Å². The molecule has 1 saturated heterocycles. The third kappa shape index (κ3) is 4.84. The van der Waals surface area contributed by atoms with E-state index >= 15 is 0 Å². The van der Waals surface area contributed by atoms with Crippen LogP contribution in [0, 0.1) is 5.41 Å². The van der Waals surface area contributed by atoms with Crippen molar-refractivity contribution < 1.29 is 9.53 Å². The van der Waals surface area contributed by atoms with Gasteiger partial charge in [-0.2, -0.15) is 0 Å². The van der Waals surface area contributed by atoms with Gasteiger partial charge >= 0.3 is 0 Å². The number of carbonyl (C=O) groups is 1. The molecule has 3 nitrogen and oxygen atoms in total. The summed E-state index contributed by atoms with van der Waals surface area (Å²) in [5.74, 6) is -0.0328. The molecular formula is C13H24ClNO2. The van der Waals surface area contributed by atoms with Gasteiger partial charge in [-0.15, -0.1) is 11.6 Å². The minimum atomic E-state index is -0.641. The summed E-state index contributed by atoms with van der Waals surface area (Å²) in [6.07, 6.45) is 2.63. The molecule has 1 aliphatic rings. The quantitative estimate of drug-likeness (QED) is 0.791. The maximum Gasteiger partial charge on any atom is 0.252 e. The van der Waals surface area contributed by atoms with Gasteiger partial charge in [0.05, 0.1) is 5.38 Å². The van der Waals surface area contributed by atoms with Crippen LogP contribution in [0.2, 0.25) is 0 Å². The van der Waals surface area contributed by atoms with E-state index in [2.05, 4.69) is 26.1 Å². The number of hydrogen-bond donors (Lipinski definition) is 1. The summed E-state index contributed by atoms with van der Waals surface area (Å²) in [5, 5.41) is 2.87. The molecule has 0 spiro atoms. The van der Waals surface area contributed by atoms with Gasteiger partial charge < -0.3 is 10.1 Å². The number of carbonyl (C=O) groups excluding carboxylic acids is 1. The maximum absolute atomic E-state index is 11.9. The van der Waals surface area contributed by atoms with Gasteiger partial charge in [-0.1, -0.05) is 20.8 Å². The molecule has 1 N–H and O–H groups in total. The molecule has 0 aromatic rings. The minimum absolute atomic E-state index is 0.0241. The molecule has 0 radical (unpaired) electrons. The molecular weight excluding hydrogens is 238 g/mol. The molecule has 0 aliphatic carbocycles. The highest BCUT2D eigenvalue weighted by Crippen LogP contribution is 2.26. The van der Waals surface area contributed by atoms with Crippen molar-refractivity contribution in [2.75, 3.05) is 13.2 Å². The van der Waals surface area contributed by atoms with E-state index in [0.717, 1.165) is 19.3 Å². The van der Waals surface area contributed by atoms with E-state index in [1.807, 2.05) is 6.92 Å². The molecule has 1 rings (SSSR count). The molecule has 0 aromatic carbocycles. The third-order valence-electron chi connectivity index (χ3n) is 3.02. The summed E-state index contributed by atoms with van der Waals surface area (Å²) >= 11 is 6.21. The van der Waals surface area contributed by atoms with Crippen LogP contribution in [0.5, 0.6) is 0 Å². The van der Waals surface area contributed by atoms with E-state index in [4.69, 9.17) is 16.3 Å². The van der Waals surface area contributed by atoms with Crippen molar-refractivity contribution in [3.05, 3.63) is 0 Å². The Morgan fingerprint density at radius 3 is 2.65 bits per heavy atom. The Hall–Kier alpha value is -0.280. The highest BCUT2D eigenvalue weighted by molar-refractivity contribution is 6.20. The van der Waals surface area contributed by atoms with Crippen LogP contribution in [0.25, 0.3) is 0 Å². The van der Waals surface area contributed by atoms with Crippen LogP contribution in [-0.2, 0) is 9.53 Å². The fourth-order valence-corrected chi connectivity index (χ4v) is 2.63. The first-order valence-corrected chi connectivity index (χ1v) is 6.73. The van der Waals surface area contributed by atoms with Crippen LogP contribution in [0.1, 0.15) is 47.0 Å². The fraction of sp³-hybridized carbons (Fsp3) is 0.923. The zero-order chi connectivity index (χ0) is 13.1. The lowest BCUT2D eigenvalue weighted by atomic mass is 9.90. The van der Waals surface area contributed by atoms with E-state index in [9.17, 15) is 4.79 Å². The molecule has 2 unspecified atom stereocenters. The Morgan fingerprint density at radius 1 is 1.53 bits per heavy atom. The average Bonchev–Trinajstić information content (AvgIpc) is 2.60. The number of ether oxygens (including phenoxy) is 1. The summed E-state index contributed by atoms with van der Waals surface area (Å²) in [5.41, 5.74) is -0.455. The van der Waals surface area contributed by atoms with Crippen molar-refractivity contribution in [2.24, 2.45) is 5.41 Å². The number of rotatable bonds is 4. The normalized spacial score (nSPS) is 26.9. The molecule has 1 fully saturated rings. The lowest BCUT2D eigenvalue weighted by Gasteiger charge is -2.25. The molecule has 17 heavy (non-hydrogen) atoms. The maximum atomic E-state index is 11.9. The van der Waals surface area contributed by atoms with Crippen LogP contribution in [0.4, 0.5) is 0 Å². The molecule has 1 amide bonds. The predicted octanol–water partition coefficient (Wildman–Crippen LogP) is 2.72. The monoisotopic (exact) mass is 261 g/mol. The average molecular weight is 262 g/mol. The number of alkyl halides is 1. The summed E-state index contributed by atoms with van der Waals surface area (Å²) < 4.78 is 5.48. The van der Waals surface area contributed by atoms with Gasteiger partial charge in [-0.05, 0) is 31.6 Å². The van der Waals surface area contributed by atoms with Crippen molar-refractivity contribution in [3.63, 3.8) is 0 Å². The Morgan fingerprint density at radius 2 is 2.18 bits per heavy atom. The topological polar surface area (TPSA) is 38.3 Å². The van der Waals surface area contributed by atoms with Crippen molar-refractivity contribution in [1.29, 1.82) is 0 Å². The first kappa shape index (κ1) is 14.8. The van der Waals surface area contributed by atoms with Crippen LogP contribution < -0.4 is 5.32 Å². The van der Waals surface area contributed by atoms with Gasteiger partial charge in [-0.25, -0.2) is 0 Å². The fourth-order valence-electron chi connectivity index (χ4n) is 2.09. The van der Waals surface area contributed by atoms with E-state index in [-0.39, 0.29) is 16.7 Å². The predicted molar refractivity (Wildman–Crippen MR) is 70.3 cm³/mol. The van der Waals surface area contributed by atoms with Gasteiger partial charge in [0, 0.05) is 13.2 Å². The van der Waals surface area contributed by atoms with Gasteiger partial charge in [0.2, 0.25) is 0 Å². The zero-order valence-corrected chi connectivity index (χ0v) is 12.1. The molecule has 2 atom stereocenters. The van der Waals surface area contributed by atoms with E-state index in [0.29, 0.717) is 13.2 Å². The number of halogens is 1. The molecule has 0 bridgehead atoms. The van der Waals surface area contributed by atoms with Gasteiger partial charge in [0.15, 0.2) is 0 Å². The molecule has 1 aliphatic heterocycles. The Balaban J connectivity index is 2.33. The summed E-state index contributed by atoms with van der Waals surface area (Å²) in [7, 11) is 0. The minimum Gasteiger partial charge on any atom is -0.365 e. The second-order valence-corrected chi connectivity index (χ2v) is 6.87. The van der Waals surface area contributed by atoms with Crippen LogP contribution in [0.3, 0.4) is 0 Å². The van der Waals surface area contributed by atoms with Crippen molar-refractivity contribution >= 4 is 17.5 Å². The number of hydrogen-bond acceptors (Lipinski definition) is 2. The summed E-state index contributed by atoms with van der Waals surface area (Å²) in [6.45, 7) is 9.47. The third-order valence-corrected chi connectivity index (χ3v) is 3.33. The Labute approximate surface area is 109 Å². The van der Waals surface area contributed by atoms with E-state index < -0.39 is 5.60 Å². The highest BCUT2D eigenvalue weighted by atomic mass is 35.5. The summed E-state index contributed by atoms with van der Waals surface area (Å²) in [4.78, 5) is 11.9. The molecule has 4 heteroatoms. The van der Waals surface area contributed by atoms with Crippen LogP contribution in [-0.4, -0.2) is 30.0 Å². The van der Waals surface area contributed by atoms with Gasteiger partial charge in [0.25, 0.3) is 5.91 Å². The van der Waals surface area contributed by atoms with Crippen molar-refractivity contribution in [3.8, 4) is 0 Å². The highest BCUT2D eigenvalue weighted by Gasteiger charge is 2.37. The van der Waals surface area contributed by atoms with Gasteiger partial charge in [-0.3, -0.25) is 4.79 Å². The molecule has 100 valence electrons. The first-order valence-electron chi connectivity index (χ1n) is 6.29. The van der Waals surface area contributed by atoms with Crippen LogP contribution >= 0.6 is 11.6 Å². The SMILES string of the molecule is CC(C)(C)CC(Cl)CNC(=O)C1(C)CCCO1. The van der Waals surface area contributed by atoms with E-state index in [1.54, 1.807) is 0 Å². The van der Waals surface area contributed by atoms with Crippen LogP contribution in [0.15, 0.2) is 0 Å². The summed E-state index contributed by atoms with van der Waals surface area (Å²) in [6, 6.07) is 0. The standard InChI is InChI=1S/C13H24ClNO2/c1-12(2,3)8-10(14)9-15-11(16)13(4)6-5-7-17-13/h10H,5-9H2,1-4H3,(H,15,16). The first-order chi connectivity index (χ1) is 7.73. The lowest BCUT2D eigenvalue weighted by molar-refractivity contribution is -0.139. The van der Waals surface area contributed by atoms with Gasteiger partial charge in [0.1, 0.15) is 5.60 Å². The van der Waals surface area contributed by atoms with Crippen molar-refractivity contribution in [1.82, 2.24) is 5.32 Å². The molecule has 1 heterocycles. The second kappa shape index (κ2) is 5.57. The lowest BCUT2D eigenvalue weighted by Crippen LogP contribution is -2.46. The number of nitrogens with one attached hydrogen (secondary N) is 1. The largest absolute Gasteiger partial charge is 0.365 e. The second-order valence-electron chi connectivity index (χ2n) is 6.25. The smallest absolute Gasteiger partial charge is 0.252 e.